The molecule has 6 heteroatoms. The van der Waals surface area contributed by atoms with E-state index in [2.05, 4.69) is 4.74 Å². The number of hydrogen-bond acceptors (Lipinski definition) is 6. The Hall–Kier alpha value is -2.76. The molecule has 1 aliphatic heterocycles. The number of ether oxygens (including phenoxy) is 3. The van der Waals surface area contributed by atoms with Crippen molar-refractivity contribution in [3.8, 4) is 0 Å². The largest absolute Gasteiger partial charge is 0.465 e. The number of esters is 2. The first-order valence-electron chi connectivity index (χ1n) is 5.74. The van der Waals surface area contributed by atoms with Crippen molar-refractivity contribution >= 4 is 11.9 Å². The van der Waals surface area contributed by atoms with Gasteiger partial charge in [0.05, 0.1) is 25.5 Å². The summed E-state index contributed by atoms with van der Waals surface area (Å²) in [6, 6.07) is 0. The number of hydrogen-bond donors (Lipinski definition) is 1. The molecule has 0 fully saturated rings. The molecule has 0 unspecified atom stereocenters. The van der Waals surface area contributed by atoms with Crippen molar-refractivity contribution in [1.82, 2.24) is 0 Å². The Bertz CT molecular complexity index is 619. The first-order valence-corrected chi connectivity index (χ1v) is 5.74. The topological polar surface area (TPSA) is 87.9 Å². The van der Waals surface area contributed by atoms with Crippen molar-refractivity contribution in [3.63, 3.8) is 0 Å². The van der Waals surface area contributed by atoms with Crippen LogP contribution in [0.5, 0.6) is 0 Å². The molecule has 20 heavy (non-hydrogen) atoms. The Kier molecular flexibility index (Phi) is 3.74. The number of methoxy groups -OCH3 is 2. The Morgan fingerprint density at radius 2 is 1.80 bits per heavy atom. The van der Waals surface area contributed by atoms with E-state index in [0.29, 0.717) is 11.3 Å². The van der Waals surface area contributed by atoms with Gasteiger partial charge in [0.1, 0.15) is 5.76 Å². The third-order valence-corrected chi connectivity index (χ3v) is 2.75. The second kappa shape index (κ2) is 5.48. The van der Waals surface area contributed by atoms with Gasteiger partial charge in [0.2, 0.25) is 5.76 Å². The maximum Gasteiger partial charge on any atom is 0.376 e. The Morgan fingerprint density at radius 1 is 1.10 bits per heavy atom. The third-order valence-electron chi connectivity index (χ3n) is 2.75. The predicted octanol–water partition coefficient (Wildman–Crippen LogP) is 0.839. The van der Waals surface area contributed by atoms with Gasteiger partial charge in [-0.05, 0) is 6.08 Å². The van der Waals surface area contributed by atoms with Crippen molar-refractivity contribution < 1.29 is 23.8 Å². The highest BCUT2D eigenvalue weighted by molar-refractivity contribution is 6.00. The van der Waals surface area contributed by atoms with Crippen LogP contribution in [0, 0.1) is 0 Å². The monoisotopic (exact) mass is 275 g/mol. The van der Waals surface area contributed by atoms with Crippen LogP contribution < -0.4 is 5.73 Å². The Balaban J connectivity index is 2.67. The lowest BCUT2D eigenvalue weighted by Crippen LogP contribution is -2.26. The minimum absolute atomic E-state index is 0.0744. The van der Waals surface area contributed by atoms with Crippen LogP contribution in [-0.2, 0) is 23.8 Å². The molecule has 1 aliphatic carbocycles. The minimum atomic E-state index is -0.763. The average molecular weight is 275 g/mol. The van der Waals surface area contributed by atoms with Gasteiger partial charge >= 0.3 is 11.9 Å². The van der Waals surface area contributed by atoms with E-state index in [-0.39, 0.29) is 17.0 Å². The molecule has 0 amide bonds. The molecule has 0 saturated heterocycles. The second-order valence-corrected chi connectivity index (χ2v) is 3.89. The molecule has 2 aliphatic rings. The highest BCUT2D eigenvalue weighted by Gasteiger charge is 2.33. The van der Waals surface area contributed by atoms with Crippen molar-refractivity contribution in [1.29, 1.82) is 0 Å². The molecule has 2 rings (SSSR count). The molecule has 0 aromatic rings. The van der Waals surface area contributed by atoms with Crippen LogP contribution in [0.4, 0.5) is 0 Å². The number of carbonyl (C=O) groups is 2. The van der Waals surface area contributed by atoms with Gasteiger partial charge in [0, 0.05) is 5.57 Å². The molecule has 0 spiro atoms. The van der Waals surface area contributed by atoms with Gasteiger partial charge in [-0.2, -0.15) is 0 Å². The van der Waals surface area contributed by atoms with Crippen molar-refractivity contribution in [2.75, 3.05) is 14.2 Å². The van der Waals surface area contributed by atoms with E-state index in [9.17, 15) is 9.59 Å². The van der Waals surface area contributed by atoms with E-state index in [0.717, 1.165) is 0 Å². The van der Waals surface area contributed by atoms with Crippen LogP contribution in [-0.4, -0.2) is 26.2 Å². The van der Waals surface area contributed by atoms with Gasteiger partial charge in [-0.3, -0.25) is 0 Å². The molecule has 0 saturated carbocycles. The van der Waals surface area contributed by atoms with Crippen LogP contribution in [0.3, 0.4) is 0 Å². The smallest absolute Gasteiger partial charge is 0.376 e. The van der Waals surface area contributed by atoms with Crippen LogP contribution in [0.2, 0.25) is 0 Å². The molecule has 6 nitrogen and oxygen atoms in total. The molecule has 1 heterocycles. The summed E-state index contributed by atoms with van der Waals surface area (Å²) in [6.07, 6.45) is 8.46. The first-order chi connectivity index (χ1) is 9.60. The SMILES string of the molecule is COC(=O)C1=C(N)C(C(=O)OC)=C2C=CC=CC=C2O1. The van der Waals surface area contributed by atoms with Gasteiger partial charge in [-0.1, -0.05) is 24.3 Å². The van der Waals surface area contributed by atoms with E-state index >= 15 is 0 Å². The summed E-state index contributed by atoms with van der Waals surface area (Å²) < 4.78 is 14.7. The Morgan fingerprint density at radius 3 is 2.45 bits per heavy atom. The lowest BCUT2D eigenvalue weighted by Gasteiger charge is -2.22. The molecule has 0 aromatic carbocycles. The van der Waals surface area contributed by atoms with Crippen LogP contribution >= 0.6 is 0 Å². The van der Waals surface area contributed by atoms with Crippen LogP contribution in [0.15, 0.2) is 58.7 Å². The summed E-state index contributed by atoms with van der Waals surface area (Å²) in [5.74, 6) is -1.32. The number of nitrogens with two attached hydrogens (primary N) is 1. The predicted molar refractivity (Wildman–Crippen MR) is 69.7 cm³/mol. The lowest BCUT2D eigenvalue weighted by atomic mass is 9.99. The van der Waals surface area contributed by atoms with Gasteiger partial charge in [-0.15, -0.1) is 0 Å². The van der Waals surface area contributed by atoms with Crippen molar-refractivity contribution in [3.05, 3.63) is 58.7 Å². The van der Waals surface area contributed by atoms with Gasteiger partial charge in [0.15, 0.2) is 0 Å². The fourth-order valence-corrected chi connectivity index (χ4v) is 1.82. The zero-order valence-corrected chi connectivity index (χ0v) is 11.0. The normalized spacial score (nSPS) is 17.0. The molecular formula is C14H13NO5. The molecule has 0 bridgehead atoms. The van der Waals surface area contributed by atoms with Gasteiger partial charge < -0.3 is 19.9 Å². The van der Waals surface area contributed by atoms with Gasteiger partial charge in [0.25, 0.3) is 0 Å². The number of carbonyl (C=O) groups excluding carboxylic acids is 2. The average Bonchev–Trinajstić information content (AvgIpc) is 2.70. The highest BCUT2D eigenvalue weighted by Crippen LogP contribution is 2.32. The molecule has 104 valence electrons. The van der Waals surface area contributed by atoms with E-state index in [4.69, 9.17) is 15.2 Å². The standard InChI is InChI=1S/C14H13NO5/c1-18-13(16)10-8-6-4-3-5-7-9(8)20-12(11(10)15)14(17)19-2/h3-7H,15H2,1-2H3. The number of allylic oxidation sites excluding steroid dienone is 5. The molecule has 0 aromatic heterocycles. The van der Waals surface area contributed by atoms with E-state index in [1.54, 1.807) is 30.4 Å². The number of rotatable bonds is 2. The molecular weight excluding hydrogens is 262 g/mol. The highest BCUT2D eigenvalue weighted by atomic mass is 16.6. The maximum absolute atomic E-state index is 11.9. The number of fused-ring (bicyclic) bond motifs is 1. The summed E-state index contributed by atoms with van der Waals surface area (Å²) in [4.78, 5) is 23.6. The van der Waals surface area contributed by atoms with Crippen LogP contribution in [0.25, 0.3) is 0 Å². The van der Waals surface area contributed by atoms with Crippen LogP contribution in [0.1, 0.15) is 0 Å². The van der Waals surface area contributed by atoms with Crippen molar-refractivity contribution in [2.45, 2.75) is 0 Å². The Labute approximate surface area is 115 Å². The summed E-state index contributed by atoms with van der Waals surface area (Å²) in [5.41, 5.74) is 6.26. The lowest BCUT2D eigenvalue weighted by molar-refractivity contribution is -0.139. The molecule has 2 N–H and O–H groups in total. The quantitative estimate of drug-likeness (QED) is 0.751. The third kappa shape index (κ3) is 2.23. The fraction of sp³-hybridized carbons (Fsp3) is 0.143. The van der Waals surface area contributed by atoms with Crippen molar-refractivity contribution in [2.24, 2.45) is 5.73 Å². The maximum atomic E-state index is 11.9. The summed E-state index contributed by atoms with van der Waals surface area (Å²) in [5, 5.41) is 0. The zero-order valence-electron chi connectivity index (χ0n) is 11.0. The first kappa shape index (κ1) is 13.7. The van der Waals surface area contributed by atoms with E-state index < -0.39 is 11.9 Å². The zero-order chi connectivity index (χ0) is 14.7. The minimum Gasteiger partial charge on any atom is -0.465 e. The van der Waals surface area contributed by atoms with E-state index in [1.165, 1.54) is 14.2 Å². The van der Waals surface area contributed by atoms with E-state index in [1.807, 2.05) is 0 Å². The fourth-order valence-electron chi connectivity index (χ4n) is 1.82. The molecule has 0 atom stereocenters. The second-order valence-electron chi connectivity index (χ2n) is 3.89. The van der Waals surface area contributed by atoms with Gasteiger partial charge in [-0.25, -0.2) is 9.59 Å². The summed E-state index contributed by atoms with van der Waals surface area (Å²) in [7, 11) is 2.43. The summed E-state index contributed by atoms with van der Waals surface area (Å²) >= 11 is 0. The summed E-state index contributed by atoms with van der Waals surface area (Å²) in [6.45, 7) is 0. The molecule has 0 radical (unpaired) electrons.